The lowest BCUT2D eigenvalue weighted by atomic mass is 9.99. The van der Waals surface area contributed by atoms with Gasteiger partial charge in [-0.3, -0.25) is 4.57 Å². The van der Waals surface area contributed by atoms with Crippen LogP contribution in [0.1, 0.15) is 39.2 Å². The Morgan fingerprint density at radius 2 is 1.85 bits per heavy atom. The van der Waals surface area contributed by atoms with Crippen LogP contribution in [-0.2, 0) is 11.3 Å². The number of hydrogen-bond acceptors (Lipinski definition) is 4. The highest BCUT2D eigenvalue weighted by Gasteiger charge is 2.28. The molecule has 3 aromatic rings. The quantitative estimate of drug-likeness (QED) is 0.414. The molecule has 1 unspecified atom stereocenters. The van der Waals surface area contributed by atoms with Gasteiger partial charge in [0, 0.05) is 34.6 Å². The zero-order chi connectivity index (χ0) is 23.6. The van der Waals surface area contributed by atoms with E-state index in [0.29, 0.717) is 42.3 Å². The van der Waals surface area contributed by atoms with Crippen molar-refractivity contribution in [3.05, 3.63) is 58.1 Å². The number of aromatic nitrogens is 2. The predicted octanol–water partition coefficient (Wildman–Crippen LogP) is 6.42. The van der Waals surface area contributed by atoms with Crippen molar-refractivity contribution in [2.45, 2.75) is 45.8 Å². The van der Waals surface area contributed by atoms with Gasteiger partial charge in [-0.1, -0.05) is 41.4 Å². The summed E-state index contributed by atoms with van der Waals surface area (Å²) in [6, 6.07) is 13.9. The van der Waals surface area contributed by atoms with E-state index in [0.717, 1.165) is 29.4 Å². The number of hydrogen-bond donors (Lipinski definition) is 0. The molecule has 1 aromatic heterocycles. The Morgan fingerprint density at radius 1 is 1.12 bits per heavy atom. The highest BCUT2D eigenvalue weighted by atomic mass is 35.5. The molecule has 33 heavy (non-hydrogen) atoms. The van der Waals surface area contributed by atoms with E-state index in [1.165, 1.54) is 0 Å². The average Bonchev–Trinajstić information content (AvgIpc) is 3.11. The molecular formula is C25H29Cl2N3O3. The van der Waals surface area contributed by atoms with Crippen molar-refractivity contribution in [1.29, 1.82) is 0 Å². The van der Waals surface area contributed by atoms with Crippen LogP contribution in [0.3, 0.4) is 0 Å². The van der Waals surface area contributed by atoms with Gasteiger partial charge in [0.15, 0.2) is 0 Å². The normalized spacial score (nSPS) is 16.8. The molecule has 4 rings (SSSR count). The molecule has 1 amide bonds. The second-order valence-electron chi connectivity index (χ2n) is 9.42. The fourth-order valence-electron chi connectivity index (χ4n) is 4.04. The first-order valence-corrected chi connectivity index (χ1v) is 12.0. The molecule has 6 nitrogen and oxygen atoms in total. The number of carbonyl (C=O) groups excluding carboxylic acids is 1. The van der Waals surface area contributed by atoms with Gasteiger partial charge in [0.05, 0.1) is 24.2 Å². The number of fused-ring (bicyclic) bond motifs is 1. The summed E-state index contributed by atoms with van der Waals surface area (Å²) in [6.07, 6.45) is 1.63. The Hall–Kier alpha value is -2.44. The van der Waals surface area contributed by atoms with Crippen LogP contribution in [0.5, 0.6) is 6.01 Å². The summed E-state index contributed by atoms with van der Waals surface area (Å²) in [5.41, 5.74) is 2.10. The Bertz CT molecular complexity index is 1120. The Labute approximate surface area is 204 Å². The zero-order valence-electron chi connectivity index (χ0n) is 19.2. The van der Waals surface area contributed by atoms with E-state index in [1.807, 2.05) is 67.8 Å². The summed E-state index contributed by atoms with van der Waals surface area (Å²) < 4.78 is 13.8. The highest BCUT2D eigenvalue weighted by Crippen LogP contribution is 2.30. The molecule has 1 aliphatic rings. The summed E-state index contributed by atoms with van der Waals surface area (Å²) in [5, 5.41) is 1.21. The summed E-state index contributed by atoms with van der Waals surface area (Å²) in [4.78, 5) is 19.0. The monoisotopic (exact) mass is 489 g/mol. The van der Waals surface area contributed by atoms with Crippen LogP contribution in [0.4, 0.5) is 4.79 Å². The highest BCUT2D eigenvalue weighted by molar-refractivity contribution is 6.36. The summed E-state index contributed by atoms with van der Waals surface area (Å²) in [6.45, 7) is 7.85. The zero-order valence-corrected chi connectivity index (χ0v) is 20.7. The largest absolute Gasteiger partial charge is 0.464 e. The van der Waals surface area contributed by atoms with Crippen molar-refractivity contribution in [2.75, 3.05) is 19.7 Å². The Balaban J connectivity index is 1.51. The fraction of sp³-hybridized carbons (Fsp3) is 0.440. The number of nitrogens with zero attached hydrogens (tertiary/aromatic N) is 3. The molecule has 8 heteroatoms. The third-order valence-corrected chi connectivity index (χ3v) is 6.32. The fourth-order valence-corrected chi connectivity index (χ4v) is 4.56. The Morgan fingerprint density at radius 3 is 2.58 bits per heavy atom. The topological polar surface area (TPSA) is 56.6 Å². The van der Waals surface area contributed by atoms with Crippen molar-refractivity contribution in [3.8, 4) is 6.01 Å². The lowest BCUT2D eigenvalue weighted by Gasteiger charge is -2.33. The minimum Gasteiger partial charge on any atom is -0.464 e. The Kier molecular flexibility index (Phi) is 7.05. The van der Waals surface area contributed by atoms with Crippen molar-refractivity contribution in [1.82, 2.24) is 14.5 Å². The van der Waals surface area contributed by atoms with Gasteiger partial charge in [-0.2, -0.15) is 4.98 Å². The summed E-state index contributed by atoms with van der Waals surface area (Å²) in [7, 11) is 0. The molecule has 1 fully saturated rings. The van der Waals surface area contributed by atoms with Gasteiger partial charge in [0.1, 0.15) is 5.60 Å². The lowest BCUT2D eigenvalue weighted by Crippen LogP contribution is -2.44. The summed E-state index contributed by atoms with van der Waals surface area (Å²) in [5.74, 6) is 0.198. The minimum atomic E-state index is -0.509. The number of likely N-dealkylation sites (tertiary alicyclic amines) is 1. The molecular weight excluding hydrogens is 461 g/mol. The van der Waals surface area contributed by atoms with E-state index < -0.39 is 5.60 Å². The second kappa shape index (κ2) is 9.82. The van der Waals surface area contributed by atoms with Crippen LogP contribution >= 0.6 is 23.2 Å². The maximum absolute atomic E-state index is 12.5. The third-order valence-electron chi connectivity index (χ3n) is 5.62. The number of para-hydroxylation sites is 2. The number of benzene rings is 2. The van der Waals surface area contributed by atoms with Crippen LogP contribution in [0.25, 0.3) is 11.0 Å². The van der Waals surface area contributed by atoms with Crippen LogP contribution < -0.4 is 4.74 Å². The smallest absolute Gasteiger partial charge is 0.410 e. The number of piperidine rings is 1. The molecule has 0 N–H and O–H groups in total. The third kappa shape index (κ3) is 5.74. The van der Waals surface area contributed by atoms with E-state index >= 15 is 0 Å². The van der Waals surface area contributed by atoms with Gasteiger partial charge in [-0.15, -0.1) is 0 Å². The molecule has 2 heterocycles. The molecule has 1 saturated heterocycles. The first kappa shape index (κ1) is 23.7. The van der Waals surface area contributed by atoms with E-state index in [2.05, 4.69) is 0 Å². The molecule has 176 valence electrons. The van der Waals surface area contributed by atoms with Crippen LogP contribution in [0.2, 0.25) is 10.0 Å². The van der Waals surface area contributed by atoms with Crippen molar-refractivity contribution in [2.24, 2.45) is 5.92 Å². The molecule has 2 aromatic carbocycles. The van der Waals surface area contributed by atoms with E-state index in [4.69, 9.17) is 37.7 Å². The number of halogens is 2. The molecule has 0 saturated carbocycles. The summed E-state index contributed by atoms with van der Waals surface area (Å²) >= 11 is 12.9. The standard InChI is InChI=1S/C25H29Cl2N3O3/c1-25(2,3)33-24(31)29-13-7-8-17(14-29)16-32-23-28-21-11-4-5-12-22(21)30(23)15-18-19(26)9-6-10-20(18)27/h4-6,9-12,17H,7-8,13-16H2,1-3H3. The van der Waals surface area contributed by atoms with Gasteiger partial charge in [0.2, 0.25) is 0 Å². The number of rotatable bonds is 5. The maximum atomic E-state index is 12.5. The van der Waals surface area contributed by atoms with Gasteiger partial charge in [-0.05, 0) is 57.9 Å². The van der Waals surface area contributed by atoms with Gasteiger partial charge >= 0.3 is 6.09 Å². The number of ether oxygens (including phenoxy) is 2. The average molecular weight is 490 g/mol. The molecule has 0 radical (unpaired) electrons. The van der Waals surface area contributed by atoms with Gasteiger partial charge in [-0.25, -0.2) is 4.79 Å². The van der Waals surface area contributed by atoms with E-state index in [9.17, 15) is 4.79 Å². The second-order valence-corrected chi connectivity index (χ2v) is 10.2. The number of amides is 1. The molecule has 0 spiro atoms. The van der Waals surface area contributed by atoms with Crippen molar-refractivity contribution >= 4 is 40.3 Å². The maximum Gasteiger partial charge on any atom is 0.410 e. The number of imidazole rings is 1. The SMILES string of the molecule is CC(C)(C)OC(=O)N1CCCC(COc2nc3ccccc3n2Cc2c(Cl)cccc2Cl)C1. The molecule has 0 aliphatic carbocycles. The molecule has 1 atom stereocenters. The molecule has 0 bridgehead atoms. The van der Waals surface area contributed by atoms with E-state index in [-0.39, 0.29) is 12.0 Å². The van der Waals surface area contributed by atoms with Gasteiger partial charge in [0.25, 0.3) is 6.01 Å². The first-order valence-electron chi connectivity index (χ1n) is 11.2. The van der Waals surface area contributed by atoms with Crippen LogP contribution in [0, 0.1) is 5.92 Å². The minimum absolute atomic E-state index is 0.198. The molecule has 1 aliphatic heterocycles. The van der Waals surface area contributed by atoms with Crippen LogP contribution in [0.15, 0.2) is 42.5 Å². The lowest BCUT2D eigenvalue weighted by molar-refractivity contribution is 0.0136. The van der Waals surface area contributed by atoms with Crippen molar-refractivity contribution < 1.29 is 14.3 Å². The number of carbonyl (C=O) groups is 1. The van der Waals surface area contributed by atoms with Gasteiger partial charge < -0.3 is 14.4 Å². The van der Waals surface area contributed by atoms with E-state index in [1.54, 1.807) is 4.90 Å². The van der Waals surface area contributed by atoms with Crippen LogP contribution in [-0.4, -0.2) is 45.8 Å². The first-order chi connectivity index (χ1) is 15.7. The van der Waals surface area contributed by atoms with Crippen molar-refractivity contribution in [3.63, 3.8) is 0 Å². The predicted molar refractivity (Wildman–Crippen MR) is 131 cm³/mol.